The van der Waals surface area contributed by atoms with Gasteiger partial charge >= 0.3 is 9.28 Å². The van der Waals surface area contributed by atoms with E-state index in [1.807, 2.05) is 17.9 Å². The van der Waals surface area contributed by atoms with Crippen LogP contribution in [0.1, 0.15) is 0 Å². The monoisotopic (exact) mass is 216 g/mol. The van der Waals surface area contributed by atoms with Crippen LogP contribution in [0.4, 0.5) is 0 Å². The molecular formula is C7H16O2Si3. The smallest absolute Gasteiger partial charge is 0.327 e. The molecular weight excluding hydrogens is 200 g/mol. The zero-order valence-electron chi connectivity index (χ0n) is 7.75. The summed E-state index contributed by atoms with van der Waals surface area (Å²) < 4.78 is 11.0. The van der Waals surface area contributed by atoms with Crippen molar-refractivity contribution in [3.63, 3.8) is 0 Å². The van der Waals surface area contributed by atoms with Gasteiger partial charge in [0.2, 0.25) is 8.32 Å². The molecule has 0 aliphatic heterocycles. The molecule has 5 heteroatoms. The fourth-order valence-electron chi connectivity index (χ4n) is 0.622. The van der Waals surface area contributed by atoms with Crippen LogP contribution < -0.4 is 0 Å². The Morgan fingerprint density at radius 3 is 2.08 bits per heavy atom. The summed E-state index contributed by atoms with van der Waals surface area (Å²) in [7, 11) is -2.80. The van der Waals surface area contributed by atoms with Crippen molar-refractivity contribution in [1.82, 2.24) is 0 Å². The SMILES string of the molecule is C=C[SiH](O[SiH3])O[Si](C)(C=C)C=C. The maximum atomic E-state index is 5.77. The highest BCUT2D eigenvalue weighted by atomic mass is 28.4. The van der Waals surface area contributed by atoms with E-state index in [-0.39, 0.29) is 0 Å². The van der Waals surface area contributed by atoms with Crippen LogP contribution >= 0.6 is 0 Å². The molecule has 0 saturated heterocycles. The Morgan fingerprint density at radius 2 is 1.83 bits per heavy atom. The van der Waals surface area contributed by atoms with Crippen molar-refractivity contribution in [2.75, 3.05) is 0 Å². The third kappa shape index (κ3) is 3.46. The second-order valence-electron chi connectivity index (χ2n) is 2.55. The predicted octanol–water partition coefficient (Wildman–Crippen LogP) is 0.271. The van der Waals surface area contributed by atoms with Crippen LogP contribution in [0.15, 0.2) is 36.8 Å². The molecule has 0 aliphatic carbocycles. The molecule has 0 aromatic rings. The fraction of sp³-hybridized carbons (Fsp3) is 0.143. The number of hydrogen-bond acceptors (Lipinski definition) is 2. The van der Waals surface area contributed by atoms with Crippen molar-refractivity contribution in [2.45, 2.75) is 6.55 Å². The molecule has 0 bridgehead atoms. The molecule has 0 N–H and O–H groups in total. The molecule has 1 atom stereocenters. The van der Waals surface area contributed by atoms with E-state index in [0.717, 1.165) is 0 Å². The van der Waals surface area contributed by atoms with E-state index in [0.29, 0.717) is 10.5 Å². The van der Waals surface area contributed by atoms with Gasteiger partial charge in [0, 0.05) is 0 Å². The zero-order chi connectivity index (χ0) is 9.61. The van der Waals surface area contributed by atoms with Gasteiger partial charge in [0.15, 0.2) is 0 Å². The third-order valence-corrected chi connectivity index (χ3v) is 8.43. The Bertz CT molecular complexity index is 173. The van der Waals surface area contributed by atoms with E-state index in [1.54, 1.807) is 5.70 Å². The standard InChI is InChI=1S/C7H16O2Si3/c1-5-11(8-10)9-12(4,6-2)7-3/h5-7,11H,1-3H2,4,10H3. The Hall–Kier alpha value is -0.209. The van der Waals surface area contributed by atoms with Crippen molar-refractivity contribution in [1.29, 1.82) is 0 Å². The summed E-state index contributed by atoms with van der Waals surface area (Å²) in [6.45, 7) is 13.2. The lowest BCUT2D eigenvalue weighted by molar-refractivity contribution is 0.465. The summed E-state index contributed by atoms with van der Waals surface area (Å²) in [6.07, 6.45) is 0. The minimum Gasteiger partial charge on any atom is -0.444 e. The number of rotatable bonds is 6. The van der Waals surface area contributed by atoms with Crippen molar-refractivity contribution < 1.29 is 8.23 Å². The molecule has 1 unspecified atom stereocenters. The molecule has 0 aliphatic rings. The second-order valence-corrected chi connectivity index (χ2v) is 9.77. The highest BCUT2D eigenvalue weighted by Crippen LogP contribution is 2.09. The molecule has 0 aromatic carbocycles. The summed E-state index contributed by atoms with van der Waals surface area (Å²) in [6, 6.07) is 0. The summed E-state index contributed by atoms with van der Waals surface area (Å²) >= 11 is 0. The van der Waals surface area contributed by atoms with Crippen molar-refractivity contribution in [2.24, 2.45) is 0 Å². The van der Waals surface area contributed by atoms with Gasteiger partial charge in [-0.2, -0.15) is 0 Å². The lowest BCUT2D eigenvalue weighted by Gasteiger charge is -2.23. The normalized spacial score (nSPS) is 13.8. The molecule has 68 valence electrons. The van der Waals surface area contributed by atoms with Gasteiger partial charge in [-0.05, 0) is 6.55 Å². The van der Waals surface area contributed by atoms with Gasteiger partial charge in [0.1, 0.15) is 10.5 Å². The van der Waals surface area contributed by atoms with E-state index < -0.39 is 17.6 Å². The molecule has 0 saturated carbocycles. The molecule has 0 spiro atoms. The average Bonchev–Trinajstić information content (AvgIpc) is 2.14. The zero-order valence-corrected chi connectivity index (χ0v) is 11.9. The van der Waals surface area contributed by atoms with Gasteiger partial charge < -0.3 is 8.23 Å². The van der Waals surface area contributed by atoms with E-state index in [1.165, 1.54) is 0 Å². The van der Waals surface area contributed by atoms with Crippen LogP contribution in [-0.4, -0.2) is 28.1 Å². The average molecular weight is 216 g/mol. The Kier molecular flexibility index (Phi) is 5.34. The minimum absolute atomic E-state index is 0.699. The van der Waals surface area contributed by atoms with Crippen molar-refractivity contribution in [3.05, 3.63) is 36.8 Å². The van der Waals surface area contributed by atoms with Gasteiger partial charge in [-0.25, -0.2) is 0 Å². The van der Waals surface area contributed by atoms with Crippen LogP contribution in [0.5, 0.6) is 0 Å². The number of hydrogen-bond donors (Lipinski definition) is 0. The van der Waals surface area contributed by atoms with Crippen LogP contribution in [0.2, 0.25) is 6.55 Å². The van der Waals surface area contributed by atoms with Gasteiger partial charge in [0.25, 0.3) is 0 Å². The van der Waals surface area contributed by atoms with E-state index in [9.17, 15) is 0 Å². The summed E-state index contributed by atoms with van der Waals surface area (Å²) in [5.74, 6) is 0. The Balaban J connectivity index is 4.26. The molecule has 0 aromatic heterocycles. The lowest BCUT2D eigenvalue weighted by atomic mass is 11.2. The molecule has 0 amide bonds. The highest BCUT2D eigenvalue weighted by Gasteiger charge is 2.24. The quantitative estimate of drug-likeness (QED) is 0.594. The first kappa shape index (κ1) is 11.8. The molecule has 2 nitrogen and oxygen atoms in total. The first-order valence-electron chi connectivity index (χ1n) is 3.72. The van der Waals surface area contributed by atoms with Crippen molar-refractivity contribution >= 4 is 28.1 Å². The first-order valence-corrected chi connectivity index (χ1v) is 8.71. The predicted molar refractivity (Wildman–Crippen MR) is 61.5 cm³/mol. The molecule has 0 radical (unpaired) electrons. The topological polar surface area (TPSA) is 18.5 Å². The van der Waals surface area contributed by atoms with E-state index >= 15 is 0 Å². The Morgan fingerprint density at radius 1 is 1.33 bits per heavy atom. The molecule has 0 heterocycles. The summed E-state index contributed by atoms with van der Waals surface area (Å²) in [4.78, 5) is 0. The second kappa shape index (κ2) is 5.44. The summed E-state index contributed by atoms with van der Waals surface area (Å²) in [5, 5.41) is 0. The van der Waals surface area contributed by atoms with Gasteiger partial charge in [-0.15, -0.1) is 19.7 Å². The molecule has 0 fully saturated rings. The summed E-state index contributed by atoms with van der Waals surface area (Å²) in [5.41, 5.74) is 5.49. The van der Waals surface area contributed by atoms with E-state index in [2.05, 4.69) is 19.7 Å². The van der Waals surface area contributed by atoms with Crippen LogP contribution in [0, 0.1) is 0 Å². The van der Waals surface area contributed by atoms with Gasteiger partial charge in [-0.1, -0.05) is 17.1 Å². The van der Waals surface area contributed by atoms with Crippen LogP contribution in [-0.2, 0) is 8.23 Å². The van der Waals surface area contributed by atoms with Crippen LogP contribution in [0.25, 0.3) is 0 Å². The maximum absolute atomic E-state index is 5.77. The first-order chi connectivity index (χ1) is 5.61. The third-order valence-electron chi connectivity index (χ3n) is 1.61. The van der Waals surface area contributed by atoms with Gasteiger partial charge in [-0.3, -0.25) is 0 Å². The fourth-order valence-corrected chi connectivity index (χ4v) is 5.97. The van der Waals surface area contributed by atoms with E-state index in [4.69, 9.17) is 8.23 Å². The van der Waals surface area contributed by atoms with Crippen LogP contribution in [0.3, 0.4) is 0 Å². The largest absolute Gasteiger partial charge is 0.444 e. The minimum atomic E-state index is -1.89. The van der Waals surface area contributed by atoms with Gasteiger partial charge in [0.05, 0.1) is 0 Å². The van der Waals surface area contributed by atoms with Crippen molar-refractivity contribution in [3.8, 4) is 0 Å². The Labute approximate surface area is 80.1 Å². The lowest BCUT2D eigenvalue weighted by Crippen LogP contribution is -2.38. The maximum Gasteiger partial charge on any atom is 0.327 e. The molecule has 0 rings (SSSR count). The highest BCUT2D eigenvalue weighted by molar-refractivity contribution is 6.87. The molecule has 12 heavy (non-hydrogen) atoms.